The van der Waals surface area contributed by atoms with Gasteiger partial charge in [0.1, 0.15) is 0 Å². The van der Waals surface area contributed by atoms with E-state index in [0.29, 0.717) is 0 Å². The largest absolute Gasteiger partial charge is 0.383 e. The van der Waals surface area contributed by atoms with Gasteiger partial charge in [-0.3, -0.25) is 4.90 Å². The zero-order valence-electron chi connectivity index (χ0n) is 9.63. The molecule has 0 aromatic heterocycles. The normalized spacial score (nSPS) is 33.4. The topological polar surface area (TPSA) is 33.7 Å². The molecule has 0 aliphatic carbocycles. The Morgan fingerprint density at radius 2 is 2.20 bits per heavy atom. The van der Waals surface area contributed by atoms with E-state index in [4.69, 9.17) is 9.47 Å². The van der Waals surface area contributed by atoms with E-state index in [0.717, 1.165) is 46.0 Å². The van der Waals surface area contributed by atoms with Crippen molar-refractivity contribution in [3.05, 3.63) is 0 Å². The molecule has 2 rings (SSSR count). The molecule has 4 heteroatoms. The Labute approximate surface area is 91.9 Å². The summed E-state index contributed by atoms with van der Waals surface area (Å²) in [6, 6.07) is 0. The first-order valence-corrected chi connectivity index (χ1v) is 5.89. The molecule has 0 aromatic carbocycles. The quantitative estimate of drug-likeness (QED) is 0.719. The van der Waals surface area contributed by atoms with Crippen molar-refractivity contribution in [1.82, 2.24) is 10.2 Å². The molecule has 0 aromatic rings. The summed E-state index contributed by atoms with van der Waals surface area (Å²) >= 11 is 0. The molecular weight excluding hydrogens is 192 g/mol. The van der Waals surface area contributed by atoms with E-state index >= 15 is 0 Å². The first kappa shape index (κ1) is 11.3. The van der Waals surface area contributed by atoms with Crippen LogP contribution in [0.2, 0.25) is 0 Å². The zero-order valence-corrected chi connectivity index (χ0v) is 9.63. The lowest BCUT2D eigenvalue weighted by atomic mass is 9.97. The number of morpholine rings is 1. The maximum absolute atomic E-state index is 5.36. The fourth-order valence-electron chi connectivity index (χ4n) is 2.64. The fourth-order valence-corrected chi connectivity index (χ4v) is 2.64. The average molecular weight is 214 g/mol. The minimum absolute atomic E-state index is 0.200. The number of hydrogen-bond donors (Lipinski definition) is 1. The van der Waals surface area contributed by atoms with Gasteiger partial charge in [-0.1, -0.05) is 0 Å². The maximum Gasteiger partial charge on any atom is 0.0657 e. The summed E-state index contributed by atoms with van der Waals surface area (Å²) in [4.78, 5) is 2.49. The van der Waals surface area contributed by atoms with E-state index in [1.807, 2.05) is 0 Å². The van der Waals surface area contributed by atoms with Gasteiger partial charge in [0.15, 0.2) is 0 Å². The number of nitrogens with zero attached hydrogens (tertiary/aromatic N) is 1. The molecule has 15 heavy (non-hydrogen) atoms. The van der Waals surface area contributed by atoms with Gasteiger partial charge in [0.25, 0.3) is 0 Å². The minimum atomic E-state index is 0.200. The lowest BCUT2D eigenvalue weighted by Gasteiger charge is -2.36. The van der Waals surface area contributed by atoms with Crippen LogP contribution in [0.4, 0.5) is 0 Å². The molecular formula is C11H22N2O2. The molecule has 1 atom stereocenters. The van der Waals surface area contributed by atoms with Crippen LogP contribution in [0, 0.1) is 0 Å². The monoisotopic (exact) mass is 214 g/mol. The van der Waals surface area contributed by atoms with Gasteiger partial charge in [-0.15, -0.1) is 0 Å². The highest BCUT2D eigenvalue weighted by molar-refractivity contribution is 4.95. The van der Waals surface area contributed by atoms with Crippen molar-refractivity contribution in [3.63, 3.8) is 0 Å². The Balaban J connectivity index is 1.87. The summed E-state index contributed by atoms with van der Waals surface area (Å²) in [6.07, 6.45) is 2.51. The standard InChI is InChI=1S/C11H22N2O2/c1-14-10-11(3-2-4-12-11)9-13-5-7-15-8-6-13/h12H,2-10H2,1H3. The fraction of sp³-hybridized carbons (Fsp3) is 1.00. The second kappa shape index (κ2) is 5.25. The first-order chi connectivity index (χ1) is 7.35. The number of rotatable bonds is 4. The molecule has 0 amide bonds. The number of ether oxygens (including phenoxy) is 2. The molecule has 2 fully saturated rings. The van der Waals surface area contributed by atoms with Gasteiger partial charge in [-0.05, 0) is 19.4 Å². The van der Waals surface area contributed by atoms with Gasteiger partial charge in [0, 0.05) is 26.7 Å². The van der Waals surface area contributed by atoms with Crippen LogP contribution in [0.1, 0.15) is 12.8 Å². The molecule has 0 bridgehead atoms. The Hall–Kier alpha value is -0.160. The molecule has 2 aliphatic rings. The van der Waals surface area contributed by atoms with Crippen LogP contribution in [0.15, 0.2) is 0 Å². The van der Waals surface area contributed by atoms with E-state index in [9.17, 15) is 0 Å². The summed E-state index contributed by atoms with van der Waals surface area (Å²) < 4.78 is 10.7. The highest BCUT2D eigenvalue weighted by Gasteiger charge is 2.35. The number of hydrogen-bond acceptors (Lipinski definition) is 4. The number of methoxy groups -OCH3 is 1. The molecule has 0 saturated carbocycles. The van der Waals surface area contributed by atoms with Crippen molar-refractivity contribution >= 4 is 0 Å². The van der Waals surface area contributed by atoms with Crippen LogP contribution in [0.25, 0.3) is 0 Å². The van der Waals surface area contributed by atoms with Crippen molar-refractivity contribution in [1.29, 1.82) is 0 Å². The Kier molecular flexibility index (Phi) is 3.97. The second-order valence-electron chi connectivity index (χ2n) is 4.63. The maximum atomic E-state index is 5.36. The third kappa shape index (κ3) is 2.91. The molecule has 1 N–H and O–H groups in total. The molecule has 1 unspecified atom stereocenters. The molecule has 0 radical (unpaired) electrons. The summed E-state index contributed by atoms with van der Waals surface area (Å²) in [5, 5.41) is 3.61. The highest BCUT2D eigenvalue weighted by Crippen LogP contribution is 2.21. The van der Waals surface area contributed by atoms with Crippen molar-refractivity contribution in [2.75, 3.05) is 53.1 Å². The lowest BCUT2D eigenvalue weighted by Crippen LogP contribution is -2.55. The average Bonchev–Trinajstić information content (AvgIpc) is 2.69. The van der Waals surface area contributed by atoms with E-state index in [1.165, 1.54) is 12.8 Å². The van der Waals surface area contributed by atoms with E-state index < -0.39 is 0 Å². The number of nitrogens with one attached hydrogen (secondary N) is 1. The first-order valence-electron chi connectivity index (χ1n) is 5.89. The molecule has 2 aliphatic heterocycles. The van der Waals surface area contributed by atoms with Crippen LogP contribution in [-0.2, 0) is 9.47 Å². The zero-order chi connectivity index (χ0) is 10.6. The predicted molar refractivity (Wildman–Crippen MR) is 59.1 cm³/mol. The molecule has 2 saturated heterocycles. The summed E-state index contributed by atoms with van der Waals surface area (Å²) in [6.45, 7) is 6.94. The van der Waals surface area contributed by atoms with Crippen molar-refractivity contribution < 1.29 is 9.47 Å². The van der Waals surface area contributed by atoms with Gasteiger partial charge >= 0.3 is 0 Å². The van der Waals surface area contributed by atoms with Crippen LogP contribution >= 0.6 is 0 Å². The van der Waals surface area contributed by atoms with E-state index in [1.54, 1.807) is 7.11 Å². The molecule has 2 heterocycles. The van der Waals surface area contributed by atoms with Gasteiger partial charge in [0.05, 0.1) is 25.4 Å². The summed E-state index contributed by atoms with van der Waals surface area (Å²) in [5.74, 6) is 0. The third-order valence-corrected chi connectivity index (χ3v) is 3.38. The van der Waals surface area contributed by atoms with Gasteiger partial charge < -0.3 is 14.8 Å². The van der Waals surface area contributed by atoms with Gasteiger partial charge in [-0.2, -0.15) is 0 Å². The minimum Gasteiger partial charge on any atom is -0.383 e. The SMILES string of the molecule is COCC1(CN2CCOCC2)CCCN1. The molecule has 88 valence electrons. The van der Waals surface area contributed by atoms with Crippen LogP contribution in [-0.4, -0.2) is 63.5 Å². The van der Waals surface area contributed by atoms with E-state index in [-0.39, 0.29) is 5.54 Å². The van der Waals surface area contributed by atoms with Crippen LogP contribution in [0.5, 0.6) is 0 Å². The Bertz CT molecular complexity index is 187. The molecule has 4 nitrogen and oxygen atoms in total. The lowest BCUT2D eigenvalue weighted by molar-refractivity contribution is 0.0127. The van der Waals surface area contributed by atoms with Crippen molar-refractivity contribution in [2.45, 2.75) is 18.4 Å². The predicted octanol–water partition coefficient (Wildman–Crippen LogP) is 0.0872. The smallest absolute Gasteiger partial charge is 0.0657 e. The third-order valence-electron chi connectivity index (χ3n) is 3.38. The highest BCUT2D eigenvalue weighted by atomic mass is 16.5. The summed E-state index contributed by atoms with van der Waals surface area (Å²) in [5.41, 5.74) is 0.200. The van der Waals surface area contributed by atoms with Gasteiger partial charge in [-0.25, -0.2) is 0 Å². The van der Waals surface area contributed by atoms with Gasteiger partial charge in [0.2, 0.25) is 0 Å². The Morgan fingerprint density at radius 1 is 1.40 bits per heavy atom. The second-order valence-corrected chi connectivity index (χ2v) is 4.63. The van der Waals surface area contributed by atoms with Crippen molar-refractivity contribution in [3.8, 4) is 0 Å². The van der Waals surface area contributed by atoms with Crippen LogP contribution < -0.4 is 5.32 Å². The van der Waals surface area contributed by atoms with Crippen molar-refractivity contribution in [2.24, 2.45) is 0 Å². The summed E-state index contributed by atoms with van der Waals surface area (Å²) in [7, 11) is 1.79. The molecule has 0 spiro atoms. The van der Waals surface area contributed by atoms with E-state index in [2.05, 4.69) is 10.2 Å². The van der Waals surface area contributed by atoms with Crippen LogP contribution in [0.3, 0.4) is 0 Å². The Morgan fingerprint density at radius 3 is 2.80 bits per heavy atom.